The Bertz CT molecular complexity index is 820. The minimum atomic E-state index is -0.168. The molecule has 1 aromatic heterocycles. The lowest BCUT2D eigenvalue weighted by atomic mass is 10.1. The van der Waals surface area contributed by atoms with Crippen molar-refractivity contribution in [1.82, 2.24) is 10.3 Å². The third-order valence-electron chi connectivity index (χ3n) is 3.68. The molecule has 2 aromatic carbocycles. The van der Waals surface area contributed by atoms with Crippen molar-refractivity contribution in [3.05, 3.63) is 65.0 Å². The molecule has 0 fully saturated rings. The van der Waals surface area contributed by atoms with Crippen molar-refractivity contribution >= 4 is 22.9 Å². The second-order valence-electron chi connectivity index (χ2n) is 5.50. The summed E-state index contributed by atoms with van der Waals surface area (Å²) < 4.78 is 5.52. The number of carbonyl (C=O) groups is 1. The molecule has 0 saturated heterocycles. The molecule has 0 aliphatic heterocycles. The molecule has 0 aliphatic rings. The SMILES string of the molecule is Nc1cc(-c2cscn2)ccc1OCC(=O)NCCc1ccccc1. The molecule has 3 N–H and O–H groups in total. The van der Waals surface area contributed by atoms with Crippen molar-refractivity contribution in [2.45, 2.75) is 6.42 Å². The van der Waals surface area contributed by atoms with Crippen LogP contribution in [0, 0.1) is 0 Å². The smallest absolute Gasteiger partial charge is 0.257 e. The molecule has 0 saturated carbocycles. The molecule has 0 atom stereocenters. The van der Waals surface area contributed by atoms with Crippen LogP contribution in [0.5, 0.6) is 5.75 Å². The van der Waals surface area contributed by atoms with Gasteiger partial charge in [-0.2, -0.15) is 0 Å². The van der Waals surface area contributed by atoms with Crippen LogP contribution in [0.15, 0.2) is 59.4 Å². The van der Waals surface area contributed by atoms with Crippen LogP contribution in [0.4, 0.5) is 5.69 Å². The van der Waals surface area contributed by atoms with Gasteiger partial charge in [-0.3, -0.25) is 4.79 Å². The lowest BCUT2D eigenvalue weighted by Crippen LogP contribution is -2.30. The van der Waals surface area contributed by atoms with E-state index in [-0.39, 0.29) is 12.5 Å². The number of rotatable bonds is 7. The summed E-state index contributed by atoms with van der Waals surface area (Å²) in [4.78, 5) is 16.1. The fourth-order valence-electron chi connectivity index (χ4n) is 2.38. The number of nitrogens with one attached hydrogen (secondary N) is 1. The number of nitrogen functional groups attached to an aromatic ring is 1. The van der Waals surface area contributed by atoms with Crippen molar-refractivity contribution in [2.24, 2.45) is 0 Å². The van der Waals surface area contributed by atoms with Crippen LogP contribution in [0.25, 0.3) is 11.3 Å². The molecule has 6 heteroatoms. The maximum absolute atomic E-state index is 11.9. The minimum Gasteiger partial charge on any atom is -0.482 e. The first-order valence-corrected chi connectivity index (χ1v) is 8.88. The zero-order chi connectivity index (χ0) is 17.5. The molecule has 25 heavy (non-hydrogen) atoms. The maximum atomic E-state index is 11.9. The van der Waals surface area contributed by atoms with Crippen molar-refractivity contribution < 1.29 is 9.53 Å². The van der Waals surface area contributed by atoms with Gasteiger partial charge in [0, 0.05) is 17.5 Å². The Morgan fingerprint density at radius 1 is 1.20 bits per heavy atom. The molecule has 0 spiro atoms. The van der Waals surface area contributed by atoms with Gasteiger partial charge in [0.25, 0.3) is 5.91 Å². The number of nitrogens with zero attached hydrogens (tertiary/aromatic N) is 1. The summed E-state index contributed by atoms with van der Waals surface area (Å²) in [7, 11) is 0. The van der Waals surface area contributed by atoms with Crippen molar-refractivity contribution in [3.8, 4) is 17.0 Å². The molecule has 0 bridgehead atoms. The number of anilines is 1. The molecule has 1 amide bonds. The molecule has 0 unspecified atom stereocenters. The van der Waals surface area contributed by atoms with Crippen LogP contribution in [-0.2, 0) is 11.2 Å². The highest BCUT2D eigenvalue weighted by Gasteiger charge is 2.08. The normalized spacial score (nSPS) is 10.4. The van der Waals surface area contributed by atoms with Gasteiger partial charge in [-0.1, -0.05) is 30.3 Å². The number of hydrogen-bond acceptors (Lipinski definition) is 5. The van der Waals surface area contributed by atoms with E-state index in [0.717, 1.165) is 17.7 Å². The second-order valence-corrected chi connectivity index (χ2v) is 6.22. The number of nitrogens with two attached hydrogens (primary N) is 1. The Kier molecular flexibility index (Phi) is 5.64. The summed E-state index contributed by atoms with van der Waals surface area (Å²) >= 11 is 1.53. The van der Waals surface area contributed by atoms with Crippen LogP contribution in [0.3, 0.4) is 0 Å². The van der Waals surface area contributed by atoms with E-state index in [1.165, 1.54) is 16.9 Å². The monoisotopic (exact) mass is 353 g/mol. The Labute approximate surface area is 150 Å². The third kappa shape index (κ3) is 4.81. The summed E-state index contributed by atoms with van der Waals surface area (Å²) in [6, 6.07) is 15.5. The molecule has 128 valence electrons. The number of hydrogen-bond donors (Lipinski definition) is 2. The Balaban J connectivity index is 1.47. The van der Waals surface area contributed by atoms with Crippen molar-refractivity contribution in [1.29, 1.82) is 0 Å². The van der Waals surface area contributed by atoms with E-state index in [1.54, 1.807) is 17.6 Å². The van der Waals surface area contributed by atoms with E-state index < -0.39 is 0 Å². The van der Waals surface area contributed by atoms with Gasteiger partial charge < -0.3 is 15.8 Å². The maximum Gasteiger partial charge on any atom is 0.257 e. The first-order chi connectivity index (χ1) is 12.2. The Morgan fingerprint density at radius 2 is 2.04 bits per heavy atom. The number of benzene rings is 2. The average molecular weight is 353 g/mol. The van der Waals surface area contributed by atoms with Crippen LogP contribution in [0.1, 0.15) is 5.56 Å². The van der Waals surface area contributed by atoms with Gasteiger partial charge in [0.15, 0.2) is 6.61 Å². The van der Waals surface area contributed by atoms with Crippen molar-refractivity contribution in [2.75, 3.05) is 18.9 Å². The van der Waals surface area contributed by atoms with Crippen LogP contribution >= 0.6 is 11.3 Å². The second kappa shape index (κ2) is 8.30. The van der Waals surface area contributed by atoms with Gasteiger partial charge in [0.05, 0.1) is 16.9 Å². The van der Waals surface area contributed by atoms with Gasteiger partial charge in [0.1, 0.15) is 5.75 Å². The topological polar surface area (TPSA) is 77.2 Å². The third-order valence-corrected chi connectivity index (χ3v) is 4.26. The first kappa shape index (κ1) is 17.0. The van der Waals surface area contributed by atoms with E-state index in [9.17, 15) is 4.79 Å². The summed E-state index contributed by atoms with van der Waals surface area (Å²) in [6.45, 7) is 0.513. The predicted octanol–water partition coefficient (Wildman–Crippen LogP) is 3.13. The molecule has 5 nitrogen and oxygen atoms in total. The quantitative estimate of drug-likeness (QED) is 0.640. The highest BCUT2D eigenvalue weighted by Crippen LogP contribution is 2.28. The van der Waals surface area contributed by atoms with Crippen LogP contribution in [0.2, 0.25) is 0 Å². The number of amides is 1. The highest BCUT2D eigenvalue weighted by atomic mass is 32.1. The van der Waals surface area contributed by atoms with E-state index >= 15 is 0 Å². The molecule has 0 aliphatic carbocycles. The average Bonchev–Trinajstić information content (AvgIpc) is 3.16. The predicted molar refractivity (Wildman–Crippen MR) is 101 cm³/mol. The van der Waals surface area contributed by atoms with Crippen LogP contribution < -0.4 is 15.8 Å². The molecule has 3 aromatic rings. The lowest BCUT2D eigenvalue weighted by Gasteiger charge is -2.10. The molecule has 1 heterocycles. The fraction of sp³-hybridized carbons (Fsp3) is 0.158. The lowest BCUT2D eigenvalue weighted by molar-refractivity contribution is -0.123. The van der Waals surface area contributed by atoms with Crippen LogP contribution in [-0.4, -0.2) is 24.0 Å². The first-order valence-electron chi connectivity index (χ1n) is 7.94. The number of ether oxygens (including phenoxy) is 1. The molecule has 0 radical (unpaired) electrons. The van der Waals surface area contributed by atoms with E-state index in [2.05, 4.69) is 10.3 Å². The number of carbonyl (C=O) groups excluding carboxylic acids is 1. The van der Waals surface area contributed by atoms with Gasteiger partial charge >= 0.3 is 0 Å². The zero-order valence-corrected chi connectivity index (χ0v) is 14.5. The summed E-state index contributed by atoms with van der Waals surface area (Å²) in [5.41, 5.74) is 11.3. The summed E-state index contributed by atoms with van der Waals surface area (Å²) in [6.07, 6.45) is 0.789. The van der Waals surface area contributed by atoms with Gasteiger partial charge in [-0.05, 0) is 30.2 Å². The van der Waals surface area contributed by atoms with Gasteiger partial charge in [-0.15, -0.1) is 11.3 Å². The molecule has 3 rings (SSSR count). The number of aromatic nitrogens is 1. The fourth-order valence-corrected chi connectivity index (χ4v) is 2.94. The summed E-state index contributed by atoms with van der Waals surface area (Å²) in [5.74, 6) is 0.330. The Morgan fingerprint density at radius 3 is 2.76 bits per heavy atom. The van der Waals surface area contributed by atoms with Gasteiger partial charge in [-0.25, -0.2) is 4.98 Å². The highest BCUT2D eigenvalue weighted by molar-refractivity contribution is 7.07. The minimum absolute atomic E-state index is 0.0605. The number of thiazole rings is 1. The Hall–Kier alpha value is -2.86. The standard InChI is InChI=1S/C19H19N3O2S/c20-16-10-15(17-12-25-13-22-17)6-7-18(16)24-11-19(23)21-9-8-14-4-2-1-3-5-14/h1-7,10,12-13H,8-9,11,20H2,(H,21,23). The van der Waals surface area contributed by atoms with Crippen molar-refractivity contribution in [3.63, 3.8) is 0 Å². The van der Waals surface area contributed by atoms with E-state index in [1.807, 2.05) is 41.8 Å². The van der Waals surface area contributed by atoms with E-state index in [4.69, 9.17) is 10.5 Å². The zero-order valence-electron chi connectivity index (χ0n) is 13.6. The largest absolute Gasteiger partial charge is 0.482 e. The molecular formula is C19H19N3O2S. The molecular weight excluding hydrogens is 334 g/mol. The van der Waals surface area contributed by atoms with E-state index in [0.29, 0.717) is 18.0 Å². The summed E-state index contributed by atoms with van der Waals surface area (Å²) in [5, 5.41) is 4.80. The van der Waals surface area contributed by atoms with Gasteiger partial charge in [0.2, 0.25) is 0 Å².